The molecule has 0 fully saturated rings. The van der Waals surface area contributed by atoms with Crippen molar-refractivity contribution in [2.75, 3.05) is 0 Å². The molecule has 0 spiro atoms. The minimum absolute atomic E-state index is 0.681. The second kappa shape index (κ2) is 7.78. The molecule has 0 saturated heterocycles. The number of hydrogen-bond donors (Lipinski definition) is 1. The first-order valence-electron chi connectivity index (χ1n) is 7.33. The Kier molecular flexibility index (Phi) is 6.75. The zero-order valence-corrected chi connectivity index (χ0v) is 14.1. The molecule has 1 atom stereocenters. The monoisotopic (exact) mass is 488 g/mol. The maximum absolute atomic E-state index is 13.7. The van der Waals surface area contributed by atoms with Crippen LogP contribution >= 0.6 is 0 Å². The van der Waals surface area contributed by atoms with Crippen LogP contribution in [0, 0.1) is 0 Å². The molecule has 0 bridgehead atoms. The van der Waals surface area contributed by atoms with E-state index < -0.39 is 59.1 Å². The minimum Gasteiger partial charge on any atom is -0.381 e. The molecular weight excluding hydrogens is 481 g/mol. The van der Waals surface area contributed by atoms with E-state index in [1.54, 1.807) is 0 Å². The SMILES string of the molecule is OC(/C(F)=C(\F)C(F)(F)C(F)(F)C(F)(F)C(F)(F)C(F)(F)C(F)(F)F)c1ccccc1. The Morgan fingerprint density at radius 1 is 0.613 bits per heavy atom. The summed E-state index contributed by atoms with van der Waals surface area (Å²) in [4.78, 5) is 0. The number of aliphatic hydroxyl groups excluding tert-OH is 1. The molecule has 0 aliphatic heterocycles. The van der Waals surface area contributed by atoms with Gasteiger partial charge < -0.3 is 5.11 Å². The molecule has 1 aromatic rings. The van der Waals surface area contributed by atoms with Crippen molar-refractivity contribution >= 4 is 0 Å². The van der Waals surface area contributed by atoms with E-state index in [-0.39, 0.29) is 0 Å². The van der Waals surface area contributed by atoms with Crippen LogP contribution in [-0.2, 0) is 0 Å². The molecule has 0 radical (unpaired) electrons. The number of benzene rings is 1. The van der Waals surface area contributed by atoms with E-state index in [0.717, 1.165) is 12.1 Å². The zero-order valence-electron chi connectivity index (χ0n) is 14.1. The van der Waals surface area contributed by atoms with Crippen LogP contribution < -0.4 is 0 Å². The number of hydrogen-bond acceptors (Lipinski definition) is 1. The molecule has 31 heavy (non-hydrogen) atoms. The van der Waals surface area contributed by atoms with Crippen molar-refractivity contribution in [3.05, 3.63) is 47.5 Å². The highest BCUT2D eigenvalue weighted by Crippen LogP contribution is 2.61. The van der Waals surface area contributed by atoms with Gasteiger partial charge in [-0.15, -0.1) is 0 Å². The van der Waals surface area contributed by atoms with Crippen molar-refractivity contribution in [3.8, 4) is 0 Å². The summed E-state index contributed by atoms with van der Waals surface area (Å²) >= 11 is 0. The van der Waals surface area contributed by atoms with Gasteiger partial charge in [-0.25, -0.2) is 8.78 Å². The van der Waals surface area contributed by atoms with Crippen LogP contribution in [0.1, 0.15) is 11.7 Å². The minimum atomic E-state index is -8.28. The molecule has 1 nitrogen and oxygen atoms in total. The van der Waals surface area contributed by atoms with Gasteiger partial charge in [-0.3, -0.25) is 0 Å². The Balaban J connectivity index is 3.58. The average Bonchev–Trinajstić information content (AvgIpc) is 2.65. The zero-order chi connectivity index (χ0) is 24.8. The van der Waals surface area contributed by atoms with E-state index in [9.17, 15) is 71.0 Å². The molecule has 16 heteroatoms. The summed E-state index contributed by atoms with van der Waals surface area (Å²) in [7, 11) is 0. The van der Waals surface area contributed by atoms with Crippen LogP contribution in [-0.4, -0.2) is 40.9 Å². The Hall–Kier alpha value is -2.13. The van der Waals surface area contributed by atoms with Crippen LogP contribution in [0.4, 0.5) is 65.9 Å². The second-order valence-electron chi connectivity index (χ2n) is 5.84. The molecule has 0 aliphatic rings. The van der Waals surface area contributed by atoms with Gasteiger partial charge in [0, 0.05) is 0 Å². The van der Waals surface area contributed by atoms with Gasteiger partial charge in [0.05, 0.1) is 0 Å². The fourth-order valence-corrected chi connectivity index (χ4v) is 1.96. The average molecular weight is 488 g/mol. The molecule has 1 unspecified atom stereocenters. The summed E-state index contributed by atoms with van der Waals surface area (Å²) in [5, 5.41) is 9.33. The lowest BCUT2D eigenvalue weighted by Crippen LogP contribution is -2.70. The summed E-state index contributed by atoms with van der Waals surface area (Å²) in [6, 6.07) is 4.45. The topological polar surface area (TPSA) is 20.2 Å². The van der Waals surface area contributed by atoms with Crippen LogP contribution in [0.25, 0.3) is 0 Å². The van der Waals surface area contributed by atoms with Gasteiger partial charge in [0.2, 0.25) is 5.83 Å². The van der Waals surface area contributed by atoms with E-state index in [4.69, 9.17) is 0 Å². The van der Waals surface area contributed by atoms with E-state index in [1.807, 2.05) is 0 Å². The van der Waals surface area contributed by atoms with Crippen molar-refractivity contribution in [1.82, 2.24) is 0 Å². The lowest BCUT2D eigenvalue weighted by atomic mass is 9.92. The van der Waals surface area contributed by atoms with Crippen LogP contribution in [0.3, 0.4) is 0 Å². The molecule has 1 aromatic carbocycles. The van der Waals surface area contributed by atoms with Crippen LogP contribution in [0.2, 0.25) is 0 Å². The lowest BCUT2D eigenvalue weighted by molar-refractivity contribution is -0.437. The quantitative estimate of drug-likeness (QED) is 0.429. The van der Waals surface area contributed by atoms with E-state index in [0.29, 0.717) is 12.1 Å². The Bertz CT molecular complexity index is 809. The van der Waals surface area contributed by atoms with Gasteiger partial charge in [-0.2, -0.15) is 57.1 Å². The first-order valence-corrected chi connectivity index (χ1v) is 7.33. The van der Waals surface area contributed by atoms with Crippen molar-refractivity contribution in [2.45, 2.75) is 41.9 Å². The van der Waals surface area contributed by atoms with Crippen LogP contribution in [0.15, 0.2) is 42.0 Å². The van der Waals surface area contributed by atoms with E-state index in [1.165, 1.54) is 6.07 Å². The summed E-state index contributed by atoms with van der Waals surface area (Å²) in [6.45, 7) is 0. The molecule has 0 aliphatic carbocycles. The van der Waals surface area contributed by atoms with Gasteiger partial charge >= 0.3 is 35.8 Å². The number of halogens is 15. The molecule has 1 N–H and O–H groups in total. The third-order valence-corrected chi connectivity index (χ3v) is 3.77. The standard InChI is InChI=1S/C15H7F15O/c16-7(8(31)6-4-2-1-3-5-6)9(17)10(18,19)11(20,21)12(22,23)13(24,25)14(26,27)15(28,29)30/h1-5,8,31H/b9-7+. The smallest absolute Gasteiger partial charge is 0.381 e. The number of alkyl halides is 13. The first-order chi connectivity index (χ1) is 13.6. The van der Waals surface area contributed by atoms with Crippen molar-refractivity contribution in [1.29, 1.82) is 0 Å². The number of allylic oxidation sites excluding steroid dienone is 1. The lowest BCUT2D eigenvalue weighted by Gasteiger charge is -2.39. The fourth-order valence-electron chi connectivity index (χ4n) is 1.96. The normalized spacial score (nSPS) is 16.8. The Morgan fingerprint density at radius 2 is 1.00 bits per heavy atom. The summed E-state index contributed by atoms with van der Waals surface area (Å²) < 4.78 is 195. The third-order valence-electron chi connectivity index (χ3n) is 3.77. The predicted octanol–water partition coefficient (Wildman–Crippen LogP) is 6.61. The van der Waals surface area contributed by atoms with Gasteiger partial charge in [-0.05, 0) is 5.56 Å². The largest absolute Gasteiger partial charge is 0.460 e. The van der Waals surface area contributed by atoms with Crippen molar-refractivity contribution in [2.24, 2.45) is 0 Å². The van der Waals surface area contributed by atoms with Crippen molar-refractivity contribution in [3.63, 3.8) is 0 Å². The highest BCUT2D eigenvalue weighted by Gasteiger charge is 2.91. The highest BCUT2D eigenvalue weighted by atomic mass is 19.4. The number of aliphatic hydroxyl groups is 1. The first kappa shape index (κ1) is 26.9. The molecule has 1 rings (SSSR count). The maximum atomic E-state index is 13.7. The fraction of sp³-hybridized carbons (Fsp3) is 0.467. The third kappa shape index (κ3) is 3.93. The number of rotatable bonds is 7. The maximum Gasteiger partial charge on any atom is 0.460 e. The molecule has 0 saturated carbocycles. The van der Waals surface area contributed by atoms with E-state index in [2.05, 4.69) is 0 Å². The van der Waals surface area contributed by atoms with Gasteiger partial charge in [0.1, 0.15) is 6.10 Å². The summed E-state index contributed by atoms with van der Waals surface area (Å²) in [6.07, 6.45) is -10.8. The van der Waals surface area contributed by atoms with Crippen molar-refractivity contribution < 1.29 is 71.0 Å². The van der Waals surface area contributed by atoms with Gasteiger partial charge in [0.25, 0.3) is 0 Å². The Morgan fingerprint density at radius 3 is 1.39 bits per heavy atom. The Labute approximate surface area is 161 Å². The summed E-state index contributed by atoms with van der Waals surface area (Å²) in [5.41, 5.74) is -0.838. The molecule has 0 aromatic heterocycles. The second-order valence-corrected chi connectivity index (χ2v) is 5.84. The molecular formula is C15H7F15O. The van der Waals surface area contributed by atoms with Gasteiger partial charge in [0.15, 0.2) is 5.83 Å². The predicted molar refractivity (Wildman–Crippen MR) is 71.4 cm³/mol. The highest BCUT2D eigenvalue weighted by molar-refractivity contribution is 5.28. The van der Waals surface area contributed by atoms with Crippen LogP contribution in [0.5, 0.6) is 0 Å². The van der Waals surface area contributed by atoms with E-state index >= 15 is 0 Å². The molecule has 0 amide bonds. The summed E-state index contributed by atoms with van der Waals surface area (Å²) in [5.74, 6) is -47.6. The van der Waals surface area contributed by atoms with Gasteiger partial charge in [-0.1, -0.05) is 30.3 Å². The molecule has 178 valence electrons. The molecule has 0 heterocycles.